The van der Waals surface area contributed by atoms with Crippen molar-refractivity contribution < 1.29 is 5.11 Å². The number of aliphatic hydroxyl groups excluding tert-OH is 1. The zero-order chi connectivity index (χ0) is 13.5. The Balaban J connectivity index is 1.78. The number of nitrogens with zero attached hydrogens (tertiary/aromatic N) is 1. The van der Waals surface area contributed by atoms with E-state index in [4.69, 9.17) is 0 Å². The third kappa shape index (κ3) is 1.55. The first kappa shape index (κ1) is 11.3. The molecule has 1 unspecified atom stereocenters. The van der Waals surface area contributed by atoms with Crippen molar-refractivity contribution in [2.75, 3.05) is 5.32 Å². The van der Waals surface area contributed by atoms with E-state index in [0.29, 0.717) is 5.82 Å². The van der Waals surface area contributed by atoms with Gasteiger partial charge in [-0.25, -0.2) is 0 Å². The largest absolute Gasteiger partial charge is 0.383 e. The summed E-state index contributed by atoms with van der Waals surface area (Å²) in [6.45, 7) is 0. The molecular formula is C16H13N3O. The maximum Gasteiger partial charge on any atom is 0.159 e. The number of rotatable bonds is 2. The van der Waals surface area contributed by atoms with Crippen molar-refractivity contribution in [2.24, 2.45) is 0 Å². The van der Waals surface area contributed by atoms with E-state index < -0.39 is 6.10 Å². The first-order valence-electron chi connectivity index (χ1n) is 6.52. The molecule has 1 aromatic heterocycles. The van der Waals surface area contributed by atoms with Gasteiger partial charge in [0.1, 0.15) is 6.10 Å². The van der Waals surface area contributed by atoms with Crippen LogP contribution >= 0.6 is 0 Å². The lowest BCUT2D eigenvalue weighted by Crippen LogP contribution is -1.99. The van der Waals surface area contributed by atoms with Gasteiger partial charge < -0.3 is 10.4 Å². The SMILES string of the molecule is OC1c2ccccc2-c2[nH]nc(Nc3ccccc3)c21. The number of para-hydroxylation sites is 1. The van der Waals surface area contributed by atoms with E-state index >= 15 is 0 Å². The van der Waals surface area contributed by atoms with Crippen molar-refractivity contribution in [3.8, 4) is 11.3 Å². The van der Waals surface area contributed by atoms with Crippen LogP contribution in [0.3, 0.4) is 0 Å². The molecule has 2 aromatic carbocycles. The number of aliphatic hydroxyl groups is 1. The molecule has 1 atom stereocenters. The van der Waals surface area contributed by atoms with E-state index in [1.807, 2.05) is 54.6 Å². The first-order valence-corrected chi connectivity index (χ1v) is 6.52. The number of H-pyrrole nitrogens is 1. The molecule has 0 radical (unpaired) electrons. The van der Waals surface area contributed by atoms with Crippen LogP contribution in [0.1, 0.15) is 17.2 Å². The summed E-state index contributed by atoms with van der Waals surface area (Å²) in [6.07, 6.45) is -0.633. The van der Waals surface area contributed by atoms with E-state index in [9.17, 15) is 5.11 Å². The van der Waals surface area contributed by atoms with Gasteiger partial charge in [-0.1, -0.05) is 42.5 Å². The van der Waals surface area contributed by atoms with Gasteiger partial charge in [0, 0.05) is 11.3 Å². The normalized spacial score (nSPS) is 15.8. The minimum atomic E-state index is -0.633. The molecule has 0 bridgehead atoms. The third-order valence-electron chi connectivity index (χ3n) is 3.64. The van der Waals surface area contributed by atoms with Gasteiger partial charge in [-0.3, -0.25) is 5.10 Å². The number of aromatic amines is 1. The van der Waals surface area contributed by atoms with Crippen LogP contribution in [0.15, 0.2) is 54.6 Å². The Morgan fingerprint density at radius 2 is 1.75 bits per heavy atom. The Morgan fingerprint density at radius 3 is 2.60 bits per heavy atom. The van der Waals surface area contributed by atoms with Gasteiger partial charge in [0.15, 0.2) is 5.82 Å². The highest BCUT2D eigenvalue weighted by Gasteiger charge is 2.32. The molecule has 0 saturated heterocycles. The van der Waals surface area contributed by atoms with E-state index in [1.54, 1.807) is 0 Å². The summed E-state index contributed by atoms with van der Waals surface area (Å²) >= 11 is 0. The highest BCUT2D eigenvalue weighted by atomic mass is 16.3. The van der Waals surface area contributed by atoms with Gasteiger partial charge in [0.2, 0.25) is 0 Å². The molecule has 98 valence electrons. The zero-order valence-electron chi connectivity index (χ0n) is 10.7. The molecule has 20 heavy (non-hydrogen) atoms. The van der Waals surface area contributed by atoms with Crippen LogP contribution in [0.4, 0.5) is 11.5 Å². The molecule has 0 amide bonds. The van der Waals surface area contributed by atoms with Crippen LogP contribution in [0.25, 0.3) is 11.3 Å². The Kier molecular flexibility index (Phi) is 2.37. The number of aromatic nitrogens is 2. The maximum absolute atomic E-state index is 10.5. The van der Waals surface area contributed by atoms with Crippen molar-refractivity contribution in [1.82, 2.24) is 10.2 Å². The van der Waals surface area contributed by atoms with Gasteiger partial charge >= 0.3 is 0 Å². The van der Waals surface area contributed by atoms with Gasteiger partial charge in [-0.2, -0.15) is 5.10 Å². The lowest BCUT2D eigenvalue weighted by molar-refractivity contribution is 0.226. The zero-order valence-corrected chi connectivity index (χ0v) is 10.7. The molecule has 4 heteroatoms. The Morgan fingerprint density at radius 1 is 1.00 bits per heavy atom. The molecule has 3 N–H and O–H groups in total. The molecule has 1 heterocycles. The van der Waals surface area contributed by atoms with Crippen LogP contribution in [-0.2, 0) is 0 Å². The second-order valence-electron chi connectivity index (χ2n) is 4.84. The van der Waals surface area contributed by atoms with Crippen molar-refractivity contribution >= 4 is 11.5 Å². The molecule has 0 aliphatic heterocycles. The van der Waals surface area contributed by atoms with E-state index in [-0.39, 0.29) is 0 Å². The summed E-state index contributed by atoms with van der Waals surface area (Å²) in [6, 6.07) is 17.7. The van der Waals surface area contributed by atoms with Gasteiger partial charge in [0.05, 0.1) is 11.3 Å². The Hall–Kier alpha value is -2.59. The molecule has 0 saturated carbocycles. The number of hydrogen-bond acceptors (Lipinski definition) is 3. The number of fused-ring (bicyclic) bond motifs is 3. The summed E-state index contributed by atoms with van der Waals surface area (Å²) in [5.41, 5.74) is 4.60. The molecule has 1 aliphatic carbocycles. The highest BCUT2D eigenvalue weighted by Crippen LogP contribution is 2.45. The molecule has 3 aromatic rings. The number of benzene rings is 2. The van der Waals surface area contributed by atoms with Crippen molar-refractivity contribution in [1.29, 1.82) is 0 Å². The second kappa shape index (κ2) is 4.21. The van der Waals surface area contributed by atoms with Crippen molar-refractivity contribution in [2.45, 2.75) is 6.10 Å². The predicted octanol–water partition coefficient (Wildman–Crippen LogP) is 3.22. The van der Waals surface area contributed by atoms with Crippen LogP contribution in [0, 0.1) is 0 Å². The topological polar surface area (TPSA) is 60.9 Å². The van der Waals surface area contributed by atoms with E-state index in [0.717, 1.165) is 28.1 Å². The standard InChI is InChI=1S/C16H13N3O/c20-15-12-9-5-4-8-11(12)14-13(15)16(19-18-14)17-10-6-2-1-3-7-10/h1-9,15,20H,(H2,17,18,19). The summed E-state index contributed by atoms with van der Waals surface area (Å²) < 4.78 is 0. The minimum Gasteiger partial charge on any atom is -0.383 e. The summed E-state index contributed by atoms with van der Waals surface area (Å²) in [5, 5.41) is 21.0. The first-order chi connectivity index (χ1) is 9.84. The van der Waals surface area contributed by atoms with Gasteiger partial charge in [-0.15, -0.1) is 0 Å². The summed E-state index contributed by atoms with van der Waals surface area (Å²) in [7, 11) is 0. The average molecular weight is 263 g/mol. The van der Waals surface area contributed by atoms with Crippen LogP contribution in [0.2, 0.25) is 0 Å². The number of hydrogen-bond donors (Lipinski definition) is 3. The summed E-state index contributed by atoms with van der Waals surface area (Å²) in [4.78, 5) is 0. The fourth-order valence-electron chi connectivity index (χ4n) is 2.69. The third-order valence-corrected chi connectivity index (χ3v) is 3.64. The lowest BCUT2D eigenvalue weighted by atomic mass is 10.1. The average Bonchev–Trinajstić information content (AvgIpc) is 3.02. The van der Waals surface area contributed by atoms with E-state index in [1.165, 1.54) is 0 Å². The fourth-order valence-corrected chi connectivity index (χ4v) is 2.69. The van der Waals surface area contributed by atoms with Gasteiger partial charge in [0.25, 0.3) is 0 Å². The quantitative estimate of drug-likeness (QED) is 0.665. The Labute approximate surface area is 116 Å². The number of anilines is 2. The smallest absolute Gasteiger partial charge is 0.159 e. The maximum atomic E-state index is 10.5. The van der Waals surface area contributed by atoms with Crippen molar-refractivity contribution in [3.05, 3.63) is 65.7 Å². The number of nitrogens with one attached hydrogen (secondary N) is 2. The summed E-state index contributed by atoms with van der Waals surface area (Å²) in [5.74, 6) is 0.676. The minimum absolute atomic E-state index is 0.633. The van der Waals surface area contributed by atoms with Crippen molar-refractivity contribution in [3.63, 3.8) is 0 Å². The molecule has 4 rings (SSSR count). The molecule has 1 aliphatic rings. The van der Waals surface area contributed by atoms with Crippen LogP contribution in [-0.4, -0.2) is 15.3 Å². The van der Waals surface area contributed by atoms with Gasteiger partial charge in [-0.05, 0) is 17.7 Å². The monoisotopic (exact) mass is 263 g/mol. The predicted molar refractivity (Wildman–Crippen MR) is 77.8 cm³/mol. The lowest BCUT2D eigenvalue weighted by Gasteiger charge is -2.08. The van der Waals surface area contributed by atoms with E-state index in [2.05, 4.69) is 15.5 Å². The van der Waals surface area contributed by atoms with Crippen LogP contribution in [0.5, 0.6) is 0 Å². The fraction of sp³-hybridized carbons (Fsp3) is 0.0625. The molecular weight excluding hydrogens is 250 g/mol. The molecule has 4 nitrogen and oxygen atoms in total. The van der Waals surface area contributed by atoms with Crippen LogP contribution < -0.4 is 5.32 Å². The molecule has 0 fully saturated rings. The molecule has 0 spiro atoms. The Bertz CT molecular complexity index is 764. The second-order valence-corrected chi connectivity index (χ2v) is 4.84. The highest BCUT2D eigenvalue weighted by molar-refractivity contribution is 5.80.